The van der Waals surface area contributed by atoms with Crippen molar-refractivity contribution < 1.29 is 13.2 Å². The van der Waals surface area contributed by atoms with Gasteiger partial charge in [-0.25, -0.2) is 0 Å². The first kappa shape index (κ1) is 17.8. The average molecular weight is 373 g/mol. The van der Waals surface area contributed by atoms with Crippen LogP contribution >= 0.6 is 27.5 Å². The fourth-order valence-electron chi connectivity index (χ4n) is 1.94. The Labute approximate surface area is 131 Å². The van der Waals surface area contributed by atoms with Crippen molar-refractivity contribution in [1.82, 2.24) is 5.32 Å². The third kappa shape index (κ3) is 6.46. The van der Waals surface area contributed by atoms with Gasteiger partial charge in [0.25, 0.3) is 0 Å². The third-order valence-corrected chi connectivity index (χ3v) is 4.15. The first-order valence-electron chi connectivity index (χ1n) is 6.58. The monoisotopic (exact) mass is 371 g/mol. The highest BCUT2D eigenvalue weighted by Crippen LogP contribution is 2.30. The fraction of sp³-hybridized carbons (Fsp3) is 0.571. The van der Waals surface area contributed by atoms with E-state index in [1.165, 1.54) is 0 Å². The number of halogens is 5. The molecule has 1 nitrogen and oxygen atoms in total. The summed E-state index contributed by atoms with van der Waals surface area (Å²) < 4.78 is 37.5. The minimum Gasteiger partial charge on any atom is -0.310 e. The molecule has 1 rings (SSSR count). The molecule has 0 radical (unpaired) electrons. The first-order valence-corrected chi connectivity index (χ1v) is 7.75. The van der Waals surface area contributed by atoms with Gasteiger partial charge in [0.1, 0.15) is 0 Å². The second kappa shape index (κ2) is 8.25. The highest BCUT2D eigenvalue weighted by molar-refractivity contribution is 9.10. The summed E-state index contributed by atoms with van der Waals surface area (Å²) in [6.07, 6.45) is -3.33. The highest BCUT2D eigenvalue weighted by atomic mass is 79.9. The standard InChI is InChI=1S/C14H18BrClF3N/c1-2-8-20-13(4-3-7-14(17,18)19)10-5-6-12(16)11(15)9-10/h5-6,9,13,20H,2-4,7-8H2,1H3. The van der Waals surface area contributed by atoms with Crippen molar-refractivity contribution in [3.05, 3.63) is 33.3 Å². The number of alkyl halides is 3. The molecule has 0 aromatic heterocycles. The zero-order valence-corrected chi connectivity index (χ0v) is 13.6. The Hall–Kier alpha value is -0.260. The predicted molar refractivity (Wildman–Crippen MR) is 80.1 cm³/mol. The van der Waals surface area contributed by atoms with Gasteiger partial charge in [0, 0.05) is 16.9 Å². The van der Waals surface area contributed by atoms with Gasteiger partial charge in [0.15, 0.2) is 0 Å². The maximum Gasteiger partial charge on any atom is 0.389 e. The summed E-state index contributed by atoms with van der Waals surface area (Å²) in [5, 5.41) is 3.88. The smallest absolute Gasteiger partial charge is 0.310 e. The molecule has 0 bridgehead atoms. The summed E-state index contributed by atoms with van der Waals surface area (Å²) in [6.45, 7) is 2.80. The SMILES string of the molecule is CCCNC(CCCC(F)(F)F)c1ccc(Cl)c(Br)c1. The maximum atomic E-state index is 12.2. The molecule has 20 heavy (non-hydrogen) atoms. The molecule has 1 unspecified atom stereocenters. The molecule has 0 amide bonds. The molecule has 6 heteroatoms. The number of nitrogens with one attached hydrogen (secondary N) is 1. The Morgan fingerprint density at radius 2 is 2.05 bits per heavy atom. The zero-order valence-electron chi connectivity index (χ0n) is 11.2. The molecule has 0 saturated heterocycles. The van der Waals surface area contributed by atoms with E-state index < -0.39 is 12.6 Å². The molecule has 0 aliphatic carbocycles. The molecule has 1 atom stereocenters. The lowest BCUT2D eigenvalue weighted by Crippen LogP contribution is -2.22. The Morgan fingerprint density at radius 1 is 1.35 bits per heavy atom. The lowest BCUT2D eigenvalue weighted by Gasteiger charge is -2.20. The fourth-order valence-corrected chi connectivity index (χ4v) is 2.45. The molecule has 1 aromatic carbocycles. The molecule has 0 spiro atoms. The quantitative estimate of drug-likeness (QED) is 0.630. The highest BCUT2D eigenvalue weighted by Gasteiger charge is 2.26. The van der Waals surface area contributed by atoms with E-state index in [4.69, 9.17) is 11.6 Å². The van der Waals surface area contributed by atoms with E-state index in [9.17, 15) is 13.2 Å². The Bertz CT molecular complexity index is 423. The van der Waals surface area contributed by atoms with Crippen molar-refractivity contribution in [2.24, 2.45) is 0 Å². The predicted octanol–water partition coefficient (Wildman–Crippen LogP) is 5.88. The summed E-state index contributed by atoms with van der Waals surface area (Å²) in [5.41, 5.74) is 0.955. The summed E-state index contributed by atoms with van der Waals surface area (Å²) in [6, 6.07) is 5.40. The first-order chi connectivity index (χ1) is 9.33. The normalized spacial score (nSPS) is 13.5. The van der Waals surface area contributed by atoms with Crippen LogP contribution in [0.1, 0.15) is 44.2 Å². The number of hydrogen-bond donors (Lipinski definition) is 1. The lowest BCUT2D eigenvalue weighted by atomic mass is 10.0. The molecular weight excluding hydrogens is 355 g/mol. The number of hydrogen-bond acceptors (Lipinski definition) is 1. The van der Waals surface area contributed by atoms with Gasteiger partial charge >= 0.3 is 6.18 Å². The second-order valence-electron chi connectivity index (χ2n) is 4.69. The van der Waals surface area contributed by atoms with E-state index in [1.807, 2.05) is 19.1 Å². The zero-order chi connectivity index (χ0) is 15.2. The van der Waals surface area contributed by atoms with Crippen molar-refractivity contribution in [2.45, 2.75) is 44.8 Å². The summed E-state index contributed by atoms with van der Waals surface area (Å²) in [5.74, 6) is 0. The number of rotatable bonds is 7. The molecule has 0 heterocycles. The van der Waals surface area contributed by atoms with Gasteiger partial charge in [-0.15, -0.1) is 0 Å². The molecule has 0 aliphatic rings. The van der Waals surface area contributed by atoms with Crippen LogP contribution in [-0.2, 0) is 0 Å². The van der Waals surface area contributed by atoms with Crippen molar-refractivity contribution in [3.8, 4) is 0 Å². The van der Waals surface area contributed by atoms with Crippen LogP contribution in [0.2, 0.25) is 5.02 Å². The maximum absolute atomic E-state index is 12.2. The van der Waals surface area contributed by atoms with Crippen LogP contribution < -0.4 is 5.32 Å². The van der Waals surface area contributed by atoms with Crippen LogP contribution in [0.4, 0.5) is 13.2 Å². The van der Waals surface area contributed by atoms with E-state index in [-0.39, 0.29) is 12.5 Å². The Morgan fingerprint density at radius 3 is 2.60 bits per heavy atom. The van der Waals surface area contributed by atoms with E-state index in [2.05, 4.69) is 21.2 Å². The molecule has 1 N–H and O–H groups in total. The van der Waals surface area contributed by atoms with Crippen LogP contribution in [0.25, 0.3) is 0 Å². The van der Waals surface area contributed by atoms with E-state index in [0.717, 1.165) is 23.0 Å². The average Bonchev–Trinajstić information content (AvgIpc) is 2.35. The molecule has 0 aliphatic heterocycles. The van der Waals surface area contributed by atoms with Crippen molar-refractivity contribution >= 4 is 27.5 Å². The van der Waals surface area contributed by atoms with Crippen LogP contribution in [-0.4, -0.2) is 12.7 Å². The van der Waals surface area contributed by atoms with Crippen molar-refractivity contribution in [1.29, 1.82) is 0 Å². The minimum atomic E-state index is -4.09. The van der Waals surface area contributed by atoms with E-state index in [1.54, 1.807) is 6.07 Å². The van der Waals surface area contributed by atoms with Gasteiger partial charge in [0.05, 0.1) is 5.02 Å². The molecule has 0 fully saturated rings. The van der Waals surface area contributed by atoms with Crippen LogP contribution in [0.3, 0.4) is 0 Å². The van der Waals surface area contributed by atoms with E-state index in [0.29, 0.717) is 11.4 Å². The third-order valence-electron chi connectivity index (χ3n) is 2.94. The molecular formula is C14H18BrClF3N. The lowest BCUT2D eigenvalue weighted by molar-refractivity contribution is -0.135. The molecule has 0 saturated carbocycles. The topological polar surface area (TPSA) is 12.0 Å². The summed E-state index contributed by atoms with van der Waals surface area (Å²) in [7, 11) is 0. The Kier molecular flexibility index (Phi) is 7.34. The second-order valence-corrected chi connectivity index (χ2v) is 5.95. The Balaban J connectivity index is 2.69. The van der Waals surface area contributed by atoms with Crippen molar-refractivity contribution in [2.75, 3.05) is 6.54 Å². The van der Waals surface area contributed by atoms with Gasteiger partial charge in [-0.05, 0) is 59.4 Å². The van der Waals surface area contributed by atoms with Crippen LogP contribution in [0, 0.1) is 0 Å². The van der Waals surface area contributed by atoms with Gasteiger partial charge in [-0.1, -0.05) is 24.6 Å². The minimum absolute atomic E-state index is 0.0779. The van der Waals surface area contributed by atoms with E-state index >= 15 is 0 Å². The van der Waals surface area contributed by atoms with Crippen molar-refractivity contribution in [3.63, 3.8) is 0 Å². The largest absolute Gasteiger partial charge is 0.389 e. The van der Waals surface area contributed by atoms with Crippen LogP contribution in [0.5, 0.6) is 0 Å². The molecule has 1 aromatic rings. The van der Waals surface area contributed by atoms with Gasteiger partial charge in [-0.3, -0.25) is 0 Å². The summed E-state index contributed by atoms with van der Waals surface area (Å²) in [4.78, 5) is 0. The summed E-state index contributed by atoms with van der Waals surface area (Å²) >= 11 is 9.28. The van der Waals surface area contributed by atoms with Gasteiger partial charge in [0.2, 0.25) is 0 Å². The molecule has 114 valence electrons. The number of benzene rings is 1. The van der Waals surface area contributed by atoms with Crippen LogP contribution in [0.15, 0.2) is 22.7 Å². The van der Waals surface area contributed by atoms with Gasteiger partial charge < -0.3 is 5.32 Å². The van der Waals surface area contributed by atoms with Gasteiger partial charge in [-0.2, -0.15) is 13.2 Å².